The van der Waals surface area contributed by atoms with Crippen LogP contribution >= 0.6 is 0 Å². The van der Waals surface area contributed by atoms with E-state index in [0.717, 1.165) is 0 Å². The third-order valence-corrected chi connectivity index (χ3v) is 3.06. The summed E-state index contributed by atoms with van der Waals surface area (Å²) in [6.07, 6.45) is 1.28. The van der Waals surface area contributed by atoms with Crippen LogP contribution in [0.2, 0.25) is 0 Å². The molecule has 8 heteroatoms. The molecule has 2 heterocycles. The van der Waals surface area contributed by atoms with Crippen molar-refractivity contribution in [2.24, 2.45) is 11.7 Å². The topological polar surface area (TPSA) is 139 Å². The normalized spacial score (nSPS) is 19.6. The van der Waals surface area contributed by atoms with E-state index in [4.69, 9.17) is 24.9 Å². The van der Waals surface area contributed by atoms with Gasteiger partial charge in [-0.05, 0) is 26.0 Å². The molecule has 2 unspecified atom stereocenters. The van der Waals surface area contributed by atoms with Gasteiger partial charge in [-0.3, -0.25) is 4.79 Å². The highest BCUT2D eigenvalue weighted by atomic mass is 16.8. The molecule has 1 aliphatic heterocycles. The van der Waals surface area contributed by atoms with Gasteiger partial charge in [-0.15, -0.1) is 0 Å². The minimum absolute atomic E-state index is 0.0638. The van der Waals surface area contributed by atoms with E-state index in [2.05, 4.69) is 0 Å². The first-order valence-corrected chi connectivity index (χ1v) is 6.32. The van der Waals surface area contributed by atoms with Crippen molar-refractivity contribution in [3.63, 3.8) is 0 Å². The number of hydrogen-bond donors (Lipinski definition) is 1. The van der Waals surface area contributed by atoms with E-state index >= 15 is 0 Å². The lowest BCUT2D eigenvalue weighted by atomic mass is 9.84. The summed E-state index contributed by atoms with van der Waals surface area (Å²) in [7, 11) is 0. The molecule has 22 heavy (non-hydrogen) atoms. The molecule has 1 aromatic rings. The van der Waals surface area contributed by atoms with Crippen molar-refractivity contribution in [2.75, 3.05) is 0 Å². The maximum Gasteiger partial charge on any atom is 0.338 e. The number of nitriles is 1. The van der Waals surface area contributed by atoms with Gasteiger partial charge in [-0.1, -0.05) is 0 Å². The van der Waals surface area contributed by atoms with Crippen LogP contribution in [0.4, 0.5) is 0 Å². The number of hydrogen-bond acceptors (Lipinski definition) is 7. The summed E-state index contributed by atoms with van der Waals surface area (Å²) in [5, 5.41) is 21.3. The van der Waals surface area contributed by atoms with Crippen molar-refractivity contribution in [1.82, 2.24) is 0 Å². The summed E-state index contributed by atoms with van der Waals surface area (Å²) in [5.41, 5.74) is 4.68. The smallest absolute Gasteiger partial charge is 0.338 e. The van der Waals surface area contributed by atoms with Gasteiger partial charge in [-0.2, -0.15) is 5.26 Å². The largest absolute Gasteiger partial charge is 0.575 e. The van der Waals surface area contributed by atoms with Crippen LogP contribution < -0.4 is 10.8 Å². The van der Waals surface area contributed by atoms with Gasteiger partial charge in [0.05, 0.1) is 29.8 Å². The molecule has 0 aromatic carbocycles. The summed E-state index contributed by atoms with van der Waals surface area (Å²) >= 11 is 0. The zero-order valence-corrected chi connectivity index (χ0v) is 11.9. The van der Waals surface area contributed by atoms with Crippen molar-refractivity contribution in [2.45, 2.75) is 25.6 Å². The molecular weight excluding hydrogens is 292 g/mol. The fraction of sp³-hybridized carbons (Fsp3) is 0.357. The Kier molecular flexibility index (Phi) is 3.82. The Hall–Kier alpha value is -2.95. The van der Waals surface area contributed by atoms with E-state index in [9.17, 15) is 14.7 Å². The SMILES string of the molecule is CC1(C)OC(=O)C(C(c2ccco2)C(C#N)C(N)=O)=C([O-])O1. The lowest BCUT2D eigenvalue weighted by Crippen LogP contribution is -2.43. The zero-order chi connectivity index (χ0) is 16.5. The third-order valence-electron chi connectivity index (χ3n) is 3.06. The Bertz CT molecular complexity index is 668. The van der Waals surface area contributed by atoms with E-state index < -0.39 is 41.0 Å². The number of nitrogens with two attached hydrogens (primary N) is 1. The van der Waals surface area contributed by atoms with E-state index in [1.54, 1.807) is 6.07 Å². The maximum atomic E-state index is 12.1. The number of nitrogens with zero attached hydrogens (tertiary/aromatic N) is 1. The van der Waals surface area contributed by atoms with Crippen molar-refractivity contribution in [3.8, 4) is 6.07 Å². The monoisotopic (exact) mass is 305 g/mol. The van der Waals surface area contributed by atoms with E-state index in [-0.39, 0.29) is 5.76 Å². The van der Waals surface area contributed by atoms with Crippen molar-refractivity contribution < 1.29 is 28.6 Å². The minimum atomic E-state index is -1.48. The number of carbonyl (C=O) groups excluding carboxylic acids is 2. The second kappa shape index (κ2) is 5.44. The Labute approximate surface area is 125 Å². The minimum Gasteiger partial charge on any atom is -0.575 e. The molecule has 0 radical (unpaired) electrons. The van der Waals surface area contributed by atoms with Gasteiger partial charge in [0.2, 0.25) is 5.91 Å². The molecule has 2 atom stereocenters. The maximum absolute atomic E-state index is 12.1. The number of furan rings is 1. The van der Waals surface area contributed by atoms with Crippen LogP contribution in [0.5, 0.6) is 0 Å². The molecule has 8 nitrogen and oxygen atoms in total. The molecule has 1 aliphatic rings. The van der Waals surface area contributed by atoms with Crippen molar-refractivity contribution >= 4 is 11.9 Å². The number of rotatable bonds is 4. The van der Waals surface area contributed by atoms with E-state index in [1.807, 2.05) is 0 Å². The fourth-order valence-electron chi connectivity index (χ4n) is 2.16. The summed E-state index contributed by atoms with van der Waals surface area (Å²) < 4.78 is 15.1. The first-order chi connectivity index (χ1) is 10.3. The molecule has 2 N–H and O–H groups in total. The van der Waals surface area contributed by atoms with Gasteiger partial charge in [0.15, 0.2) is 5.79 Å². The van der Waals surface area contributed by atoms with Crippen LogP contribution in [0, 0.1) is 17.2 Å². The highest BCUT2D eigenvalue weighted by Gasteiger charge is 2.41. The van der Waals surface area contributed by atoms with Crippen LogP contribution in [0.3, 0.4) is 0 Å². The third kappa shape index (κ3) is 2.74. The highest BCUT2D eigenvalue weighted by Crippen LogP contribution is 2.38. The Balaban J connectivity index is 2.58. The summed E-state index contributed by atoms with van der Waals surface area (Å²) in [5.74, 6) is -7.11. The second-order valence-corrected chi connectivity index (χ2v) is 5.09. The molecule has 0 bridgehead atoms. The molecule has 0 fully saturated rings. The average molecular weight is 305 g/mol. The summed E-state index contributed by atoms with van der Waals surface area (Å²) in [6.45, 7) is 2.77. The number of primary amides is 1. The summed E-state index contributed by atoms with van der Waals surface area (Å²) in [4.78, 5) is 23.6. The van der Waals surface area contributed by atoms with Gasteiger partial charge in [0.25, 0.3) is 0 Å². The number of amides is 1. The first kappa shape index (κ1) is 15.4. The predicted octanol–water partition coefficient (Wildman–Crippen LogP) is -0.130. The predicted molar refractivity (Wildman–Crippen MR) is 68.0 cm³/mol. The van der Waals surface area contributed by atoms with Gasteiger partial charge in [0.1, 0.15) is 11.7 Å². The van der Waals surface area contributed by atoms with Crippen LogP contribution in [-0.2, 0) is 19.1 Å². The van der Waals surface area contributed by atoms with Gasteiger partial charge < -0.3 is 24.7 Å². The van der Waals surface area contributed by atoms with Gasteiger partial charge in [-0.25, -0.2) is 4.79 Å². The molecule has 0 aliphatic carbocycles. The first-order valence-electron chi connectivity index (χ1n) is 6.32. The van der Waals surface area contributed by atoms with Crippen molar-refractivity contribution in [1.29, 1.82) is 5.26 Å². The molecular formula is C14H13N2O6-. The fourth-order valence-corrected chi connectivity index (χ4v) is 2.16. The number of ether oxygens (including phenoxy) is 2. The molecule has 2 rings (SSSR count). The highest BCUT2D eigenvalue weighted by molar-refractivity contribution is 5.93. The zero-order valence-electron chi connectivity index (χ0n) is 11.9. The number of cyclic esters (lactones) is 1. The van der Waals surface area contributed by atoms with Crippen LogP contribution in [0.15, 0.2) is 34.3 Å². The lowest BCUT2D eigenvalue weighted by Gasteiger charge is -2.41. The van der Waals surface area contributed by atoms with Crippen LogP contribution in [-0.4, -0.2) is 17.7 Å². The lowest BCUT2D eigenvalue weighted by molar-refractivity contribution is -0.394. The Morgan fingerprint density at radius 2 is 2.14 bits per heavy atom. The van der Waals surface area contributed by atoms with Crippen molar-refractivity contribution in [3.05, 3.63) is 35.7 Å². The van der Waals surface area contributed by atoms with Gasteiger partial charge >= 0.3 is 5.97 Å². The molecule has 1 aromatic heterocycles. The average Bonchev–Trinajstić information content (AvgIpc) is 2.88. The second-order valence-electron chi connectivity index (χ2n) is 5.09. The van der Waals surface area contributed by atoms with Gasteiger partial charge in [0, 0.05) is 0 Å². The van der Waals surface area contributed by atoms with Crippen LogP contribution in [0.1, 0.15) is 25.5 Å². The number of esters is 1. The van der Waals surface area contributed by atoms with E-state index in [1.165, 1.54) is 32.2 Å². The van der Waals surface area contributed by atoms with E-state index in [0.29, 0.717) is 0 Å². The molecule has 116 valence electrons. The van der Waals surface area contributed by atoms with Crippen LogP contribution in [0.25, 0.3) is 0 Å². The molecule has 1 amide bonds. The quantitative estimate of drug-likeness (QED) is 0.764. The summed E-state index contributed by atoms with van der Waals surface area (Å²) in [6, 6.07) is 4.59. The molecule has 0 spiro atoms. The Morgan fingerprint density at radius 1 is 1.45 bits per heavy atom. The Morgan fingerprint density at radius 3 is 2.59 bits per heavy atom. The standard InChI is InChI=1S/C14H14N2O6/c1-14(2)21-12(18)10(13(19)22-14)9(7(6-15)11(16)17)8-4-3-5-20-8/h3-5,7,9,18H,1-2H3,(H2,16,17)/p-1. The molecule has 0 saturated heterocycles. The number of carbonyl (C=O) groups is 2. The molecule has 0 saturated carbocycles.